The molecule has 0 spiro atoms. The third kappa shape index (κ3) is 14.5. The van der Waals surface area contributed by atoms with E-state index in [0.717, 1.165) is 6.42 Å². The van der Waals surface area contributed by atoms with Crippen LogP contribution in [0.25, 0.3) is 0 Å². The van der Waals surface area contributed by atoms with E-state index in [0.29, 0.717) is 16.8 Å². The van der Waals surface area contributed by atoms with Crippen molar-refractivity contribution in [1.82, 2.24) is 0 Å². The molecular weight excluding hydrogens is 432 g/mol. The molecule has 1 N–H and O–H groups in total. The van der Waals surface area contributed by atoms with E-state index in [1.54, 1.807) is 0 Å². The number of aliphatic hydroxyl groups is 1. The van der Waals surface area contributed by atoms with Crippen LogP contribution in [-0.4, -0.2) is 16.0 Å². The maximum Gasteiger partial charge on any atom is 0.0434 e. The molecule has 1 saturated carbocycles. The molecule has 0 amide bonds. The van der Waals surface area contributed by atoms with Gasteiger partial charge in [0.05, 0.1) is 0 Å². The van der Waals surface area contributed by atoms with Crippen LogP contribution in [0.5, 0.6) is 0 Å². The Morgan fingerprint density at radius 3 is 1.53 bits per heavy atom. The predicted octanol–water partition coefficient (Wildman–Crippen LogP) is 10.1. The predicted molar refractivity (Wildman–Crippen MR) is 139 cm³/mol. The zero-order chi connectivity index (χ0) is 21.8. The summed E-state index contributed by atoms with van der Waals surface area (Å²) in [5.74, 6) is 0.696. The fourth-order valence-corrected chi connectivity index (χ4v) is 6.50. The zero-order valence-corrected chi connectivity index (χ0v) is 22.2. The molecule has 0 aliphatic heterocycles. The molecular formula is C28H55BrO. The summed E-state index contributed by atoms with van der Waals surface area (Å²) in [7, 11) is 0. The van der Waals surface area contributed by atoms with E-state index in [-0.39, 0.29) is 0 Å². The molecule has 0 aromatic carbocycles. The first-order valence-electron chi connectivity index (χ1n) is 14.0. The highest BCUT2D eigenvalue weighted by Gasteiger charge is 2.37. The van der Waals surface area contributed by atoms with Crippen LogP contribution in [0.1, 0.15) is 161 Å². The molecule has 0 heterocycles. The lowest BCUT2D eigenvalue weighted by Crippen LogP contribution is -2.35. The highest BCUT2D eigenvalue weighted by Crippen LogP contribution is 2.45. The first-order valence-corrected chi connectivity index (χ1v) is 14.8. The van der Waals surface area contributed by atoms with Gasteiger partial charge in [-0.1, -0.05) is 151 Å². The molecule has 1 aliphatic carbocycles. The van der Waals surface area contributed by atoms with Gasteiger partial charge in [0.15, 0.2) is 0 Å². The summed E-state index contributed by atoms with van der Waals surface area (Å²) < 4.78 is 0.336. The summed E-state index contributed by atoms with van der Waals surface area (Å²) in [6, 6.07) is 0. The van der Waals surface area contributed by atoms with Crippen LogP contribution < -0.4 is 0 Å². The Morgan fingerprint density at radius 2 is 1.10 bits per heavy atom. The van der Waals surface area contributed by atoms with Gasteiger partial charge in [-0.15, -0.1) is 0 Å². The van der Waals surface area contributed by atoms with Crippen molar-refractivity contribution in [3.05, 3.63) is 0 Å². The van der Waals surface area contributed by atoms with Gasteiger partial charge in [0.2, 0.25) is 0 Å². The number of aliphatic hydroxyl groups excluding tert-OH is 1. The Bertz CT molecular complexity index is 357. The third-order valence-electron chi connectivity index (χ3n) is 7.55. The number of hydrogen-bond acceptors (Lipinski definition) is 1. The second kappa shape index (κ2) is 20.1. The normalized spacial score (nSPS) is 21.9. The highest BCUT2D eigenvalue weighted by molar-refractivity contribution is 9.10. The van der Waals surface area contributed by atoms with E-state index in [9.17, 15) is 5.11 Å². The Hall–Kier alpha value is 0.440. The summed E-state index contributed by atoms with van der Waals surface area (Å²) >= 11 is 4.10. The van der Waals surface area contributed by atoms with E-state index < -0.39 is 0 Å². The fourth-order valence-electron chi connectivity index (χ4n) is 5.48. The molecule has 1 rings (SSSR count). The van der Waals surface area contributed by atoms with E-state index in [4.69, 9.17) is 0 Å². The van der Waals surface area contributed by atoms with Crippen LogP contribution in [0.15, 0.2) is 0 Å². The van der Waals surface area contributed by atoms with Gasteiger partial charge in [-0.25, -0.2) is 0 Å². The zero-order valence-electron chi connectivity index (χ0n) is 20.6. The molecule has 0 aromatic heterocycles. The lowest BCUT2D eigenvalue weighted by atomic mass is 9.75. The fraction of sp³-hybridized carbons (Fsp3) is 1.00. The molecule has 180 valence electrons. The van der Waals surface area contributed by atoms with Gasteiger partial charge in [-0.3, -0.25) is 0 Å². The van der Waals surface area contributed by atoms with Crippen LogP contribution in [0.4, 0.5) is 0 Å². The minimum Gasteiger partial charge on any atom is -0.396 e. The maximum absolute atomic E-state index is 9.36. The summed E-state index contributed by atoms with van der Waals surface area (Å²) in [6.45, 7) is 2.66. The van der Waals surface area contributed by atoms with Crippen molar-refractivity contribution >= 4 is 15.9 Å². The average molecular weight is 488 g/mol. The van der Waals surface area contributed by atoms with Crippen molar-refractivity contribution in [2.45, 2.75) is 165 Å². The second-order valence-corrected chi connectivity index (χ2v) is 11.8. The monoisotopic (exact) mass is 486 g/mol. The Morgan fingerprint density at radius 1 is 0.667 bits per heavy atom. The number of unbranched alkanes of at least 4 members (excludes halogenated alkanes) is 17. The average Bonchev–Trinajstić information content (AvgIpc) is 2.75. The summed E-state index contributed by atoms with van der Waals surface area (Å²) in [5.41, 5.74) is 0. The smallest absolute Gasteiger partial charge is 0.0434 e. The minimum atomic E-state index is 0.336. The third-order valence-corrected chi connectivity index (χ3v) is 8.99. The van der Waals surface area contributed by atoms with Crippen LogP contribution in [0.2, 0.25) is 0 Å². The lowest BCUT2D eigenvalue weighted by Gasteiger charge is -2.40. The second-order valence-electron chi connectivity index (χ2n) is 10.3. The molecule has 0 radical (unpaired) electrons. The van der Waals surface area contributed by atoms with Gasteiger partial charge in [0, 0.05) is 10.9 Å². The summed E-state index contributed by atoms with van der Waals surface area (Å²) in [6.07, 6.45) is 33.7. The van der Waals surface area contributed by atoms with Crippen molar-refractivity contribution in [1.29, 1.82) is 0 Å². The van der Waals surface area contributed by atoms with Gasteiger partial charge < -0.3 is 5.11 Å². The Labute approximate surface area is 198 Å². The quantitative estimate of drug-likeness (QED) is 0.126. The molecule has 0 saturated heterocycles. The molecule has 0 bridgehead atoms. The molecule has 2 unspecified atom stereocenters. The van der Waals surface area contributed by atoms with E-state index in [1.807, 2.05) is 0 Å². The Kier molecular flexibility index (Phi) is 19.1. The molecule has 2 heteroatoms. The largest absolute Gasteiger partial charge is 0.396 e. The highest BCUT2D eigenvalue weighted by atomic mass is 79.9. The van der Waals surface area contributed by atoms with Crippen molar-refractivity contribution in [2.24, 2.45) is 5.92 Å². The van der Waals surface area contributed by atoms with Crippen LogP contribution >= 0.6 is 15.9 Å². The summed E-state index contributed by atoms with van der Waals surface area (Å²) in [5, 5.41) is 9.36. The van der Waals surface area contributed by atoms with E-state index >= 15 is 0 Å². The minimum absolute atomic E-state index is 0.336. The van der Waals surface area contributed by atoms with E-state index in [2.05, 4.69) is 22.9 Å². The van der Waals surface area contributed by atoms with Crippen molar-refractivity contribution in [2.75, 3.05) is 6.61 Å². The first-order chi connectivity index (χ1) is 14.7. The molecule has 2 atom stereocenters. The van der Waals surface area contributed by atoms with Gasteiger partial charge in [0.25, 0.3) is 0 Å². The van der Waals surface area contributed by atoms with Gasteiger partial charge in [-0.2, -0.15) is 0 Å². The number of alkyl halides is 1. The standard InChI is InChI=1S/C28H55BrO/c1-2-3-4-5-6-7-8-9-10-11-12-13-14-15-16-17-18-20-24-28(29)25-21-19-22-27(28)23-26-30/h27,30H,2-26H2,1H3. The molecule has 1 nitrogen and oxygen atoms in total. The molecule has 0 aromatic rings. The van der Waals surface area contributed by atoms with Crippen LogP contribution in [0, 0.1) is 5.92 Å². The van der Waals surface area contributed by atoms with Gasteiger partial charge in [0.1, 0.15) is 0 Å². The number of rotatable bonds is 21. The SMILES string of the molecule is CCCCCCCCCCCCCCCCCCCCC1(Br)CCCCC1CCO. The molecule has 1 aliphatic rings. The van der Waals surface area contributed by atoms with Crippen molar-refractivity contribution < 1.29 is 5.11 Å². The molecule has 30 heavy (non-hydrogen) atoms. The number of hydrogen-bond donors (Lipinski definition) is 1. The Balaban J connectivity index is 1.81. The maximum atomic E-state index is 9.36. The first kappa shape index (κ1) is 28.5. The van der Waals surface area contributed by atoms with Crippen molar-refractivity contribution in [3.63, 3.8) is 0 Å². The molecule has 1 fully saturated rings. The lowest BCUT2D eigenvalue weighted by molar-refractivity contribution is 0.191. The topological polar surface area (TPSA) is 20.2 Å². The van der Waals surface area contributed by atoms with Gasteiger partial charge >= 0.3 is 0 Å². The van der Waals surface area contributed by atoms with Crippen molar-refractivity contribution in [3.8, 4) is 0 Å². The van der Waals surface area contributed by atoms with Crippen LogP contribution in [0.3, 0.4) is 0 Å². The van der Waals surface area contributed by atoms with Gasteiger partial charge in [-0.05, 0) is 31.6 Å². The number of halogens is 1. The van der Waals surface area contributed by atoms with E-state index in [1.165, 1.54) is 148 Å². The summed E-state index contributed by atoms with van der Waals surface area (Å²) in [4.78, 5) is 0. The van der Waals surface area contributed by atoms with Crippen LogP contribution in [-0.2, 0) is 0 Å².